The van der Waals surface area contributed by atoms with Gasteiger partial charge in [-0.05, 0) is 24.3 Å². The van der Waals surface area contributed by atoms with Crippen molar-refractivity contribution >= 4 is 22.6 Å². The molecular formula is C22H20N4O3. The Morgan fingerprint density at radius 2 is 1.76 bits per heavy atom. The molecule has 0 aliphatic rings. The number of hydrogen-bond acceptors (Lipinski definition) is 5. The molecule has 2 aromatic carbocycles. The fraction of sp³-hybridized carbons (Fsp3) is 0.182. The van der Waals surface area contributed by atoms with Gasteiger partial charge in [-0.3, -0.25) is 14.7 Å². The molecule has 0 aliphatic heterocycles. The number of aromatic nitrogens is 3. The second-order valence-electron chi connectivity index (χ2n) is 6.96. The predicted octanol–water partition coefficient (Wildman–Crippen LogP) is 4.18. The molecule has 0 unspecified atom stereocenters. The number of fused-ring (bicyclic) bond motifs is 1. The molecule has 2 aromatic heterocycles. The van der Waals surface area contributed by atoms with Crippen LogP contribution in [0.15, 0.2) is 53.1 Å². The van der Waals surface area contributed by atoms with E-state index in [1.807, 2.05) is 31.2 Å². The van der Waals surface area contributed by atoms with Gasteiger partial charge in [-0.2, -0.15) is 5.10 Å². The number of aromatic amines is 1. The molecule has 1 amide bonds. The zero-order valence-corrected chi connectivity index (χ0v) is 16.4. The molecular weight excluding hydrogens is 368 g/mol. The van der Waals surface area contributed by atoms with E-state index >= 15 is 0 Å². The van der Waals surface area contributed by atoms with Crippen LogP contribution in [0, 0.1) is 0 Å². The first-order valence-corrected chi connectivity index (χ1v) is 9.28. The first-order chi connectivity index (χ1) is 14.0. The summed E-state index contributed by atoms with van der Waals surface area (Å²) < 4.78 is 5.51. The summed E-state index contributed by atoms with van der Waals surface area (Å²) in [5.74, 6) is 0.553. The minimum absolute atomic E-state index is 0.0543. The molecule has 29 heavy (non-hydrogen) atoms. The van der Waals surface area contributed by atoms with Gasteiger partial charge in [0, 0.05) is 48.7 Å². The van der Waals surface area contributed by atoms with Crippen molar-refractivity contribution in [2.75, 3.05) is 14.1 Å². The van der Waals surface area contributed by atoms with Crippen molar-refractivity contribution in [1.82, 2.24) is 20.3 Å². The molecule has 7 heteroatoms. The fourth-order valence-electron chi connectivity index (χ4n) is 3.15. The average Bonchev–Trinajstić information content (AvgIpc) is 3.39. The number of amides is 1. The van der Waals surface area contributed by atoms with E-state index in [1.165, 1.54) is 4.90 Å². The standard InChI is InChI=1S/C22H20N4O3/c1-4-19(27)15-9-10-16-18(11-15)23-24-21(16)20-12-17(25-29-20)13-5-7-14(8-6-13)22(28)26(2)3/h5-12H,4H2,1-3H3,(H,23,24). The van der Waals surface area contributed by atoms with Crippen molar-refractivity contribution in [2.24, 2.45) is 0 Å². The van der Waals surface area contributed by atoms with Gasteiger partial charge in [0.05, 0.1) is 5.52 Å². The molecule has 1 N–H and O–H groups in total. The van der Waals surface area contributed by atoms with Gasteiger partial charge in [0.25, 0.3) is 5.91 Å². The van der Waals surface area contributed by atoms with Crippen LogP contribution in [-0.2, 0) is 0 Å². The molecule has 7 nitrogen and oxygen atoms in total. The highest BCUT2D eigenvalue weighted by atomic mass is 16.5. The topological polar surface area (TPSA) is 92.1 Å². The van der Waals surface area contributed by atoms with E-state index in [4.69, 9.17) is 4.52 Å². The smallest absolute Gasteiger partial charge is 0.253 e. The summed E-state index contributed by atoms with van der Waals surface area (Å²) in [7, 11) is 3.44. The maximum atomic E-state index is 12.0. The Balaban J connectivity index is 1.64. The molecule has 0 atom stereocenters. The van der Waals surface area contributed by atoms with Crippen LogP contribution in [0.3, 0.4) is 0 Å². The zero-order chi connectivity index (χ0) is 20.5. The maximum Gasteiger partial charge on any atom is 0.253 e. The van der Waals surface area contributed by atoms with E-state index in [0.29, 0.717) is 34.7 Å². The van der Waals surface area contributed by atoms with E-state index in [1.54, 1.807) is 38.4 Å². The summed E-state index contributed by atoms with van der Waals surface area (Å²) in [6, 6.07) is 14.5. The Kier molecular flexibility index (Phi) is 4.72. The van der Waals surface area contributed by atoms with Crippen molar-refractivity contribution in [3.63, 3.8) is 0 Å². The van der Waals surface area contributed by atoms with Crippen LogP contribution >= 0.6 is 0 Å². The number of H-pyrrole nitrogens is 1. The second kappa shape index (κ2) is 7.35. The minimum Gasteiger partial charge on any atom is -0.354 e. The molecule has 146 valence electrons. The minimum atomic E-state index is -0.0543. The molecule has 2 heterocycles. The lowest BCUT2D eigenvalue weighted by molar-refractivity contribution is 0.0827. The average molecular weight is 388 g/mol. The number of Topliss-reactive ketones (excluding diaryl/α,β-unsaturated/α-hetero) is 1. The third-order valence-corrected chi connectivity index (χ3v) is 4.78. The molecule has 0 spiro atoms. The van der Waals surface area contributed by atoms with E-state index < -0.39 is 0 Å². The number of hydrogen-bond donors (Lipinski definition) is 1. The van der Waals surface area contributed by atoms with Gasteiger partial charge in [0.2, 0.25) is 0 Å². The van der Waals surface area contributed by atoms with Gasteiger partial charge in [0.15, 0.2) is 11.5 Å². The SMILES string of the molecule is CCC(=O)c1ccc2c(-c3cc(-c4ccc(C(=O)N(C)C)cc4)no3)n[nH]c2c1. The highest BCUT2D eigenvalue weighted by molar-refractivity contribution is 6.01. The fourth-order valence-corrected chi connectivity index (χ4v) is 3.15. The van der Waals surface area contributed by atoms with E-state index in [9.17, 15) is 9.59 Å². The van der Waals surface area contributed by atoms with Gasteiger partial charge in [-0.15, -0.1) is 0 Å². The number of carbonyl (C=O) groups excluding carboxylic acids is 2. The number of benzene rings is 2. The van der Waals surface area contributed by atoms with Gasteiger partial charge in [0.1, 0.15) is 11.4 Å². The zero-order valence-electron chi connectivity index (χ0n) is 16.4. The highest BCUT2D eigenvalue weighted by Gasteiger charge is 2.16. The quantitative estimate of drug-likeness (QED) is 0.518. The van der Waals surface area contributed by atoms with Crippen molar-refractivity contribution in [2.45, 2.75) is 13.3 Å². The van der Waals surface area contributed by atoms with Crippen molar-refractivity contribution in [3.05, 3.63) is 59.7 Å². The van der Waals surface area contributed by atoms with Gasteiger partial charge >= 0.3 is 0 Å². The van der Waals surface area contributed by atoms with Crippen molar-refractivity contribution in [1.29, 1.82) is 0 Å². The van der Waals surface area contributed by atoms with Gasteiger partial charge in [-0.25, -0.2) is 0 Å². The van der Waals surface area contributed by atoms with Crippen LogP contribution in [0.5, 0.6) is 0 Å². The summed E-state index contributed by atoms with van der Waals surface area (Å²) in [5.41, 5.74) is 4.15. The molecule has 4 aromatic rings. The lowest BCUT2D eigenvalue weighted by Crippen LogP contribution is -2.21. The number of nitrogens with zero attached hydrogens (tertiary/aromatic N) is 3. The van der Waals surface area contributed by atoms with Gasteiger partial charge < -0.3 is 9.42 Å². The van der Waals surface area contributed by atoms with E-state index in [0.717, 1.165) is 16.5 Å². The Morgan fingerprint density at radius 1 is 1.03 bits per heavy atom. The molecule has 0 saturated heterocycles. The summed E-state index contributed by atoms with van der Waals surface area (Å²) >= 11 is 0. The molecule has 0 aliphatic carbocycles. The monoisotopic (exact) mass is 388 g/mol. The molecule has 4 rings (SSSR count). The Labute approximate surface area is 167 Å². The van der Waals surface area contributed by atoms with Crippen LogP contribution in [0.2, 0.25) is 0 Å². The molecule has 0 saturated carbocycles. The third kappa shape index (κ3) is 3.42. The summed E-state index contributed by atoms with van der Waals surface area (Å²) in [6.45, 7) is 1.84. The van der Waals surface area contributed by atoms with Gasteiger partial charge in [-0.1, -0.05) is 30.3 Å². The van der Waals surface area contributed by atoms with Crippen LogP contribution < -0.4 is 0 Å². The largest absolute Gasteiger partial charge is 0.354 e. The van der Waals surface area contributed by atoms with Crippen molar-refractivity contribution < 1.29 is 14.1 Å². The number of rotatable bonds is 5. The summed E-state index contributed by atoms with van der Waals surface area (Å²) in [6.07, 6.45) is 0.455. The normalized spacial score (nSPS) is 11.0. The summed E-state index contributed by atoms with van der Waals surface area (Å²) in [5, 5.41) is 12.3. The van der Waals surface area contributed by atoms with Crippen LogP contribution in [-0.4, -0.2) is 46.0 Å². The predicted molar refractivity (Wildman–Crippen MR) is 110 cm³/mol. The van der Waals surface area contributed by atoms with Crippen molar-refractivity contribution in [3.8, 4) is 22.7 Å². The summed E-state index contributed by atoms with van der Waals surface area (Å²) in [4.78, 5) is 25.5. The first-order valence-electron chi connectivity index (χ1n) is 9.28. The maximum absolute atomic E-state index is 12.0. The van der Waals surface area contributed by atoms with E-state index in [-0.39, 0.29) is 11.7 Å². The van der Waals surface area contributed by atoms with E-state index in [2.05, 4.69) is 15.4 Å². The Hall–Kier alpha value is -3.74. The molecule has 0 radical (unpaired) electrons. The number of nitrogens with one attached hydrogen (secondary N) is 1. The third-order valence-electron chi connectivity index (χ3n) is 4.78. The van der Waals surface area contributed by atoms with Crippen LogP contribution in [0.25, 0.3) is 33.6 Å². The lowest BCUT2D eigenvalue weighted by atomic mass is 10.0. The number of ketones is 1. The lowest BCUT2D eigenvalue weighted by Gasteiger charge is -2.09. The molecule has 0 bridgehead atoms. The first kappa shape index (κ1) is 18.6. The molecule has 0 fully saturated rings. The van der Waals surface area contributed by atoms with Crippen LogP contribution in [0.4, 0.5) is 0 Å². The van der Waals surface area contributed by atoms with Crippen LogP contribution in [0.1, 0.15) is 34.1 Å². The Bertz CT molecular complexity index is 1200. The number of carbonyl (C=O) groups is 2. The highest BCUT2D eigenvalue weighted by Crippen LogP contribution is 2.30. The Morgan fingerprint density at radius 3 is 2.45 bits per heavy atom. The second-order valence-corrected chi connectivity index (χ2v) is 6.96.